The van der Waals surface area contributed by atoms with Crippen LogP contribution in [-0.4, -0.2) is 35.7 Å². The van der Waals surface area contributed by atoms with Gasteiger partial charge in [0.25, 0.3) is 0 Å². The molecule has 1 unspecified atom stereocenters. The van der Waals surface area contributed by atoms with E-state index in [1.54, 1.807) is 7.11 Å². The highest BCUT2D eigenvalue weighted by atomic mass is 19.4. The van der Waals surface area contributed by atoms with Gasteiger partial charge < -0.3 is 10.1 Å². The fourth-order valence-corrected chi connectivity index (χ4v) is 1.25. The lowest BCUT2D eigenvalue weighted by Gasteiger charge is -2.11. The van der Waals surface area contributed by atoms with E-state index in [1.165, 1.54) is 12.3 Å². The molecule has 0 aliphatic carbocycles. The molecule has 0 aliphatic rings. The Bertz CT molecular complexity index is 324. The number of anilines is 1. The highest BCUT2D eigenvalue weighted by molar-refractivity contribution is 5.33. The van der Waals surface area contributed by atoms with E-state index in [-0.39, 0.29) is 6.04 Å². The number of hydrogen-bond acceptors (Lipinski definition) is 3. The van der Waals surface area contributed by atoms with Gasteiger partial charge >= 0.3 is 6.18 Å². The van der Waals surface area contributed by atoms with E-state index in [4.69, 9.17) is 4.74 Å². The lowest BCUT2D eigenvalue weighted by Crippen LogP contribution is -2.22. The molecule has 0 saturated carbocycles. The summed E-state index contributed by atoms with van der Waals surface area (Å²) in [6.45, 7) is 1.24. The second-order valence-corrected chi connectivity index (χ2v) is 3.51. The van der Waals surface area contributed by atoms with E-state index in [0.29, 0.717) is 12.4 Å². The standard InChI is InChI=1S/C9H14F3N3O/c1-7(5-16-2)13-8-3-4-15(14-8)6-9(10,11)12/h3-4,7H,5-6H2,1-2H3,(H,13,14). The number of ether oxygens (including phenoxy) is 1. The van der Waals surface area contributed by atoms with Crippen LogP contribution in [0, 0.1) is 0 Å². The average Bonchev–Trinajstić information content (AvgIpc) is 2.49. The molecular formula is C9H14F3N3O. The Hall–Kier alpha value is -1.24. The van der Waals surface area contributed by atoms with E-state index >= 15 is 0 Å². The lowest BCUT2D eigenvalue weighted by atomic mass is 10.3. The highest BCUT2D eigenvalue weighted by Crippen LogP contribution is 2.17. The summed E-state index contributed by atoms with van der Waals surface area (Å²) in [5.74, 6) is 0.411. The van der Waals surface area contributed by atoms with Crippen LogP contribution in [0.1, 0.15) is 6.92 Å². The molecule has 1 aromatic heterocycles. The van der Waals surface area contributed by atoms with Gasteiger partial charge in [-0.2, -0.15) is 18.3 Å². The third-order valence-electron chi connectivity index (χ3n) is 1.79. The van der Waals surface area contributed by atoms with Crippen LogP contribution < -0.4 is 5.32 Å². The van der Waals surface area contributed by atoms with Crippen molar-refractivity contribution < 1.29 is 17.9 Å². The van der Waals surface area contributed by atoms with Gasteiger partial charge in [-0.3, -0.25) is 4.68 Å². The molecule has 0 aliphatic heterocycles. The Labute approximate surface area is 91.4 Å². The summed E-state index contributed by atoms with van der Waals surface area (Å²) < 4.78 is 41.8. The molecule has 1 N–H and O–H groups in total. The lowest BCUT2D eigenvalue weighted by molar-refractivity contribution is -0.142. The topological polar surface area (TPSA) is 39.1 Å². The molecule has 1 rings (SSSR count). The molecule has 0 spiro atoms. The minimum atomic E-state index is -4.25. The first-order chi connectivity index (χ1) is 7.40. The third-order valence-corrected chi connectivity index (χ3v) is 1.79. The van der Waals surface area contributed by atoms with Gasteiger partial charge in [0.2, 0.25) is 0 Å². The Kier molecular flexibility index (Phi) is 4.17. The van der Waals surface area contributed by atoms with Crippen molar-refractivity contribution in [3.8, 4) is 0 Å². The predicted molar refractivity (Wildman–Crippen MR) is 53.2 cm³/mol. The molecule has 1 heterocycles. The molecule has 0 bridgehead atoms. The number of aromatic nitrogens is 2. The number of rotatable bonds is 5. The molecule has 7 heteroatoms. The monoisotopic (exact) mass is 237 g/mol. The van der Waals surface area contributed by atoms with Crippen LogP contribution in [0.15, 0.2) is 12.3 Å². The van der Waals surface area contributed by atoms with Gasteiger partial charge in [0, 0.05) is 25.4 Å². The maximum absolute atomic E-state index is 12.0. The van der Waals surface area contributed by atoms with Gasteiger partial charge in [-0.1, -0.05) is 0 Å². The molecule has 16 heavy (non-hydrogen) atoms. The van der Waals surface area contributed by atoms with E-state index in [9.17, 15) is 13.2 Å². The minimum absolute atomic E-state index is 0.000707. The Morgan fingerprint density at radius 2 is 2.25 bits per heavy atom. The summed E-state index contributed by atoms with van der Waals surface area (Å²) in [4.78, 5) is 0. The van der Waals surface area contributed by atoms with Crippen LogP contribution in [0.3, 0.4) is 0 Å². The zero-order chi connectivity index (χ0) is 12.2. The number of alkyl halides is 3. The first-order valence-corrected chi connectivity index (χ1v) is 4.76. The summed E-state index contributed by atoms with van der Waals surface area (Å²) in [7, 11) is 1.56. The molecule has 0 saturated heterocycles. The van der Waals surface area contributed by atoms with Crippen molar-refractivity contribution in [3.05, 3.63) is 12.3 Å². The Morgan fingerprint density at radius 3 is 2.81 bits per heavy atom. The number of nitrogens with one attached hydrogen (secondary N) is 1. The molecule has 0 radical (unpaired) electrons. The quantitative estimate of drug-likeness (QED) is 0.850. The first-order valence-electron chi connectivity index (χ1n) is 4.76. The molecular weight excluding hydrogens is 223 g/mol. The van der Waals surface area contributed by atoms with Crippen molar-refractivity contribution in [3.63, 3.8) is 0 Å². The van der Waals surface area contributed by atoms with Crippen LogP contribution >= 0.6 is 0 Å². The average molecular weight is 237 g/mol. The van der Waals surface area contributed by atoms with Gasteiger partial charge in [0.05, 0.1) is 6.61 Å². The number of hydrogen-bond donors (Lipinski definition) is 1. The zero-order valence-electron chi connectivity index (χ0n) is 9.08. The van der Waals surface area contributed by atoms with Crippen LogP contribution in [0.5, 0.6) is 0 Å². The maximum atomic E-state index is 12.0. The number of halogens is 3. The summed E-state index contributed by atoms with van der Waals surface area (Å²) >= 11 is 0. The van der Waals surface area contributed by atoms with Gasteiger partial charge in [-0.25, -0.2) is 0 Å². The summed E-state index contributed by atoms with van der Waals surface area (Å²) in [5.41, 5.74) is 0. The zero-order valence-corrected chi connectivity index (χ0v) is 9.08. The molecule has 0 fully saturated rings. The first kappa shape index (κ1) is 12.8. The van der Waals surface area contributed by atoms with Crippen LogP contribution in [-0.2, 0) is 11.3 Å². The van der Waals surface area contributed by atoms with E-state index in [1.807, 2.05) is 6.92 Å². The van der Waals surface area contributed by atoms with Gasteiger partial charge in [-0.05, 0) is 6.92 Å². The highest BCUT2D eigenvalue weighted by Gasteiger charge is 2.28. The van der Waals surface area contributed by atoms with Crippen LogP contribution in [0.2, 0.25) is 0 Å². The van der Waals surface area contributed by atoms with E-state index < -0.39 is 12.7 Å². The van der Waals surface area contributed by atoms with Crippen molar-refractivity contribution in [2.75, 3.05) is 19.0 Å². The molecule has 0 aromatic carbocycles. The second-order valence-electron chi connectivity index (χ2n) is 3.51. The number of methoxy groups -OCH3 is 1. The normalized spacial score (nSPS) is 13.8. The van der Waals surface area contributed by atoms with Crippen molar-refractivity contribution in [2.24, 2.45) is 0 Å². The van der Waals surface area contributed by atoms with Crippen molar-refractivity contribution in [1.82, 2.24) is 9.78 Å². The van der Waals surface area contributed by atoms with Gasteiger partial charge in [0.1, 0.15) is 12.4 Å². The molecule has 4 nitrogen and oxygen atoms in total. The van der Waals surface area contributed by atoms with Crippen molar-refractivity contribution in [2.45, 2.75) is 25.7 Å². The molecule has 1 atom stereocenters. The maximum Gasteiger partial charge on any atom is 0.408 e. The summed E-state index contributed by atoms with van der Waals surface area (Å²) in [6, 6.07) is 1.50. The fraction of sp³-hybridized carbons (Fsp3) is 0.667. The fourth-order valence-electron chi connectivity index (χ4n) is 1.25. The Balaban J connectivity index is 2.51. The summed E-state index contributed by atoms with van der Waals surface area (Å²) in [5, 5.41) is 6.67. The van der Waals surface area contributed by atoms with E-state index in [0.717, 1.165) is 4.68 Å². The molecule has 0 amide bonds. The van der Waals surface area contributed by atoms with Gasteiger partial charge in [-0.15, -0.1) is 0 Å². The van der Waals surface area contributed by atoms with Crippen molar-refractivity contribution >= 4 is 5.82 Å². The largest absolute Gasteiger partial charge is 0.408 e. The van der Waals surface area contributed by atoms with Gasteiger partial charge in [0.15, 0.2) is 0 Å². The van der Waals surface area contributed by atoms with E-state index in [2.05, 4.69) is 10.4 Å². The second kappa shape index (κ2) is 5.20. The smallest absolute Gasteiger partial charge is 0.383 e. The SMILES string of the molecule is COCC(C)Nc1ccn(CC(F)(F)F)n1. The molecule has 1 aromatic rings. The van der Waals surface area contributed by atoms with Crippen LogP contribution in [0.25, 0.3) is 0 Å². The predicted octanol–water partition coefficient (Wildman–Crippen LogP) is 1.89. The van der Waals surface area contributed by atoms with Crippen LogP contribution in [0.4, 0.5) is 19.0 Å². The van der Waals surface area contributed by atoms with Crippen molar-refractivity contribution in [1.29, 1.82) is 0 Å². The third kappa shape index (κ3) is 4.52. The molecule has 92 valence electrons. The number of nitrogens with zero attached hydrogens (tertiary/aromatic N) is 2. The Morgan fingerprint density at radius 1 is 1.56 bits per heavy atom. The minimum Gasteiger partial charge on any atom is -0.383 e. The summed E-state index contributed by atoms with van der Waals surface area (Å²) in [6.07, 6.45) is -2.96.